The number of alkyl halides is 1. The van der Waals surface area contributed by atoms with Gasteiger partial charge in [0, 0.05) is 11.9 Å². The van der Waals surface area contributed by atoms with E-state index in [1.165, 1.54) is 0 Å². The van der Waals surface area contributed by atoms with Gasteiger partial charge >= 0.3 is 0 Å². The van der Waals surface area contributed by atoms with E-state index in [1.807, 2.05) is 0 Å². The smallest absolute Gasteiger partial charge is 0.245 e. The lowest BCUT2D eigenvalue weighted by molar-refractivity contribution is 0.390. The molecule has 98 valence electrons. The number of rotatable bonds is 7. The number of unbranched alkanes of at least 4 members (excludes halogenated alkanes) is 2. The molecule has 0 aromatic carbocycles. The monoisotopic (exact) mass is 324 g/mol. The molecular formula is C10H17BrN2O3S. The second-order valence-corrected chi connectivity index (χ2v) is 6.30. The Balaban J connectivity index is 2.58. The molecule has 5 nitrogen and oxygen atoms in total. The fourth-order valence-corrected chi connectivity index (χ4v) is 3.33. The molecule has 17 heavy (non-hydrogen) atoms. The van der Waals surface area contributed by atoms with E-state index in [-0.39, 0.29) is 4.90 Å². The average Bonchev–Trinajstić information content (AvgIpc) is 2.58. The topological polar surface area (TPSA) is 72.2 Å². The summed E-state index contributed by atoms with van der Waals surface area (Å²) in [7, 11) is -3.48. The van der Waals surface area contributed by atoms with Crippen LogP contribution in [0.25, 0.3) is 0 Å². The van der Waals surface area contributed by atoms with Gasteiger partial charge in [-0.15, -0.1) is 0 Å². The van der Waals surface area contributed by atoms with Crippen LogP contribution in [0.4, 0.5) is 0 Å². The Morgan fingerprint density at radius 1 is 1.29 bits per heavy atom. The Kier molecular flexibility index (Phi) is 5.61. The van der Waals surface area contributed by atoms with Gasteiger partial charge in [-0.05, 0) is 26.7 Å². The summed E-state index contributed by atoms with van der Waals surface area (Å²) in [5.74, 6) is 0.329. The van der Waals surface area contributed by atoms with E-state index >= 15 is 0 Å². The van der Waals surface area contributed by atoms with E-state index in [2.05, 4.69) is 25.8 Å². The number of aryl methyl sites for hydroxylation is 2. The minimum absolute atomic E-state index is 0.165. The molecule has 0 spiro atoms. The third-order valence-electron chi connectivity index (χ3n) is 2.34. The number of hydrogen-bond donors (Lipinski definition) is 1. The predicted molar refractivity (Wildman–Crippen MR) is 68.8 cm³/mol. The third-order valence-corrected chi connectivity index (χ3v) is 4.60. The van der Waals surface area contributed by atoms with Gasteiger partial charge in [0.2, 0.25) is 10.0 Å². The maximum Gasteiger partial charge on any atom is 0.245 e. The highest BCUT2D eigenvalue weighted by atomic mass is 79.9. The summed E-state index contributed by atoms with van der Waals surface area (Å²) in [4.78, 5) is 0.165. The fraction of sp³-hybridized carbons (Fsp3) is 0.700. The van der Waals surface area contributed by atoms with Crippen molar-refractivity contribution >= 4 is 26.0 Å². The maximum absolute atomic E-state index is 11.9. The van der Waals surface area contributed by atoms with Crippen LogP contribution >= 0.6 is 15.9 Å². The molecule has 0 bridgehead atoms. The van der Waals surface area contributed by atoms with Crippen molar-refractivity contribution in [2.45, 2.75) is 38.0 Å². The number of sulfonamides is 1. The molecule has 0 aliphatic carbocycles. The minimum atomic E-state index is -3.48. The summed E-state index contributed by atoms with van der Waals surface area (Å²) in [5.41, 5.74) is 0.399. The van der Waals surface area contributed by atoms with Crippen LogP contribution < -0.4 is 4.72 Å². The molecule has 1 aromatic heterocycles. The Morgan fingerprint density at radius 2 is 2.00 bits per heavy atom. The van der Waals surface area contributed by atoms with Gasteiger partial charge in [0.05, 0.1) is 0 Å². The Labute approximate surface area is 110 Å². The second kappa shape index (κ2) is 6.51. The molecule has 1 heterocycles. The first-order valence-electron chi connectivity index (χ1n) is 5.47. The summed E-state index contributed by atoms with van der Waals surface area (Å²) in [6.07, 6.45) is 2.87. The lowest BCUT2D eigenvalue weighted by atomic mass is 10.3. The average molecular weight is 325 g/mol. The molecule has 0 radical (unpaired) electrons. The zero-order valence-corrected chi connectivity index (χ0v) is 12.4. The van der Waals surface area contributed by atoms with Gasteiger partial charge in [-0.1, -0.05) is 27.5 Å². The van der Waals surface area contributed by atoms with Crippen molar-refractivity contribution in [3.05, 3.63) is 11.5 Å². The highest BCUT2D eigenvalue weighted by Crippen LogP contribution is 2.18. The van der Waals surface area contributed by atoms with E-state index in [0.29, 0.717) is 18.0 Å². The zero-order valence-electron chi connectivity index (χ0n) is 9.99. The van der Waals surface area contributed by atoms with Crippen molar-refractivity contribution in [2.24, 2.45) is 0 Å². The van der Waals surface area contributed by atoms with Crippen molar-refractivity contribution < 1.29 is 12.9 Å². The first kappa shape index (κ1) is 14.7. The standard InChI is InChI=1S/C10H17BrN2O3S/c1-8-10(9(2)16-13-8)17(14,15)12-7-5-3-4-6-11/h12H,3-7H2,1-2H3. The van der Waals surface area contributed by atoms with Crippen molar-refractivity contribution in [1.29, 1.82) is 0 Å². The van der Waals surface area contributed by atoms with E-state index in [0.717, 1.165) is 24.6 Å². The quantitative estimate of drug-likeness (QED) is 0.616. The normalized spacial score (nSPS) is 11.9. The lowest BCUT2D eigenvalue weighted by Gasteiger charge is -2.05. The van der Waals surface area contributed by atoms with Crippen LogP contribution in [0.3, 0.4) is 0 Å². The molecule has 1 aromatic rings. The summed E-state index contributed by atoms with van der Waals surface area (Å²) < 4.78 is 31.3. The predicted octanol–water partition coefficient (Wildman–Crippen LogP) is 2.13. The molecule has 0 atom stereocenters. The number of halogens is 1. The largest absolute Gasteiger partial charge is 0.360 e. The van der Waals surface area contributed by atoms with E-state index in [4.69, 9.17) is 4.52 Å². The Hall–Kier alpha value is -0.400. The maximum atomic E-state index is 11.9. The first-order valence-corrected chi connectivity index (χ1v) is 8.08. The van der Waals surface area contributed by atoms with Gasteiger partial charge in [0.15, 0.2) is 5.76 Å². The van der Waals surface area contributed by atoms with Gasteiger partial charge in [0.25, 0.3) is 0 Å². The molecule has 0 aliphatic rings. The van der Waals surface area contributed by atoms with Gasteiger partial charge < -0.3 is 4.52 Å². The molecule has 0 aliphatic heterocycles. The second-order valence-electron chi connectivity index (χ2n) is 3.80. The zero-order chi connectivity index (χ0) is 12.9. The van der Waals surface area contributed by atoms with Crippen LogP contribution in [0.15, 0.2) is 9.42 Å². The summed E-state index contributed by atoms with van der Waals surface area (Å²) in [6.45, 7) is 3.66. The van der Waals surface area contributed by atoms with Crippen LogP contribution in [0, 0.1) is 13.8 Å². The van der Waals surface area contributed by atoms with Crippen LogP contribution in [0.1, 0.15) is 30.7 Å². The number of hydrogen-bond acceptors (Lipinski definition) is 4. The minimum Gasteiger partial charge on any atom is -0.360 e. The number of aromatic nitrogens is 1. The van der Waals surface area contributed by atoms with Gasteiger partial charge in [-0.3, -0.25) is 0 Å². The molecule has 0 amide bonds. The van der Waals surface area contributed by atoms with E-state index in [1.54, 1.807) is 13.8 Å². The number of nitrogens with zero attached hydrogens (tertiary/aromatic N) is 1. The van der Waals surface area contributed by atoms with E-state index in [9.17, 15) is 8.42 Å². The highest BCUT2D eigenvalue weighted by molar-refractivity contribution is 9.09. The van der Waals surface area contributed by atoms with Crippen LogP contribution in [-0.4, -0.2) is 25.4 Å². The first-order chi connectivity index (χ1) is 7.99. The van der Waals surface area contributed by atoms with Crippen molar-refractivity contribution in [2.75, 3.05) is 11.9 Å². The van der Waals surface area contributed by atoms with E-state index < -0.39 is 10.0 Å². The van der Waals surface area contributed by atoms with Crippen molar-refractivity contribution in [1.82, 2.24) is 9.88 Å². The van der Waals surface area contributed by atoms with Crippen molar-refractivity contribution in [3.8, 4) is 0 Å². The highest BCUT2D eigenvalue weighted by Gasteiger charge is 2.23. The summed E-state index contributed by atoms with van der Waals surface area (Å²) in [5, 5.41) is 4.59. The SMILES string of the molecule is Cc1noc(C)c1S(=O)(=O)NCCCCCBr. The van der Waals surface area contributed by atoms with Gasteiger partial charge in [0.1, 0.15) is 10.6 Å². The molecule has 0 saturated carbocycles. The van der Waals surface area contributed by atoms with Crippen LogP contribution in [-0.2, 0) is 10.0 Å². The number of nitrogens with one attached hydrogen (secondary N) is 1. The van der Waals surface area contributed by atoms with Crippen LogP contribution in [0.2, 0.25) is 0 Å². The molecule has 0 unspecified atom stereocenters. The van der Waals surface area contributed by atoms with Gasteiger partial charge in [-0.2, -0.15) is 0 Å². The summed E-state index contributed by atoms with van der Waals surface area (Å²) in [6, 6.07) is 0. The Bertz CT molecular complexity index is 437. The third kappa shape index (κ3) is 4.08. The lowest BCUT2D eigenvalue weighted by Crippen LogP contribution is -2.25. The Morgan fingerprint density at radius 3 is 2.53 bits per heavy atom. The molecule has 0 fully saturated rings. The van der Waals surface area contributed by atoms with Crippen molar-refractivity contribution in [3.63, 3.8) is 0 Å². The molecule has 1 N–H and O–H groups in total. The fourth-order valence-electron chi connectivity index (χ4n) is 1.53. The molecular weight excluding hydrogens is 308 g/mol. The molecule has 0 saturated heterocycles. The van der Waals surface area contributed by atoms with Gasteiger partial charge in [-0.25, -0.2) is 13.1 Å². The summed E-state index contributed by atoms with van der Waals surface area (Å²) >= 11 is 3.33. The van der Waals surface area contributed by atoms with Crippen LogP contribution in [0.5, 0.6) is 0 Å². The molecule has 7 heteroatoms. The molecule has 1 rings (SSSR count).